The molecule has 0 aliphatic heterocycles. The van der Waals surface area contributed by atoms with E-state index < -0.39 is 33.9 Å². The number of nitrogens with zero attached hydrogens (tertiary/aromatic N) is 2. The summed E-state index contributed by atoms with van der Waals surface area (Å²) in [5.74, 6) is -0.380. The van der Waals surface area contributed by atoms with Crippen LogP contribution in [0.3, 0.4) is 0 Å². The van der Waals surface area contributed by atoms with E-state index in [0.717, 1.165) is 12.1 Å². The van der Waals surface area contributed by atoms with Gasteiger partial charge in [0.05, 0.1) is 29.6 Å². The summed E-state index contributed by atoms with van der Waals surface area (Å²) in [6.45, 7) is 1.38. The van der Waals surface area contributed by atoms with Crippen LogP contribution >= 0.6 is 0 Å². The number of fused-ring (bicyclic) bond motifs is 1. The Bertz CT molecular complexity index is 1120. The van der Waals surface area contributed by atoms with Crippen molar-refractivity contribution in [3.8, 4) is 0 Å². The molecule has 2 aromatic carbocycles. The third kappa shape index (κ3) is 4.00. The van der Waals surface area contributed by atoms with Crippen LogP contribution in [-0.4, -0.2) is 29.9 Å². The average Bonchev–Trinajstić information content (AvgIpc) is 3.08. The Morgan fingerprint density at radius 1 is 1.10 bits per heavy atom. The van der Waals surface area contributed by atoms with Gasteiger partial charge in [-0.15, -0.1) is 0 Å². The standard InChI is InChI=1S/C19H20F3N3O3S/c1-2-18(12-26,14-6-8-15(9-7-14)19(20,21)22)25-17-5-3-4-13(11-29(23,27)28)16(17)10-24-25/h3-10,26H,2,11-12H2,1H3,(H2,23,27,28). The molecule has 1 aromatic heterocycles. The summed E-state index contributed by atoms with van der Waals surface area (Å²) in [6.07, 6.45) is -2.65. The number of hydrogen-bond acceptors (Lipinski definition) is 4. The lowest BCUT2D eigenvalue weighted by molar-refractivity contribution is -0.137. The Kier molecular flexibility index (Phi) is 5.46. The molecule has 0 bridgehead atoms. The van der Waals surface area contributed by atoms with Crippen LogP contribution < -0.4 is 5.14 Å². The molecule has 3 N–H and O–H groups in total. The maximum atomic E-state index is 12.9. The first-order valence-electron chi connectivity index (χ1n) is 8.77. The quantitative estimate of drug-likeness (QED) is 0.632. The molecule has 156 valence electrons. The fourth-order valence-electron chi connectivity index (χ4n) is 3.51. The maximum Gasteiger partial charge on any atom is 0.416 e. The lowest BCUT2D eigenvalue weighted by Crippen LogP contribution is -2.39. The van der Waals surface area contributed by atoms with Crippen LogP contribution in [0.1, 0.15) is 30.0 Å². The van der Waals surface area contributed by atoms with Crippen molar-refractivity contribution in [2.75, 3.05) is 6.61 Å². The minimum atomic E-state index is -4.46. The maximum absolute atomic E-state index is 12.9. The fourth-order valence-corrected chi connectivity index (χ4v) is 4.20. The topological polar surface area (TPSA) is 98.2 Å². The van der Waals surface area contributed by atoms with E-state index in [4.69, 9.17) is 5.14 Å². The molecule has 0 aliphatic rings. The average molecular weight is 427 g/mol. The fraction of sp³-hybridized carbons (Fsp3) is 0.316. The van der Waals surface area contributed by atoms with Crippen molar-refractivity contribution in [1.82, 2.24) is 9.78 Å². The van der Waals surface area contributed by atoms with Gasteiger partial charge in [0.15, 0.2) is 0 Å². The van der Waals surface area contributed by atoms with Gasteiger partial charge in [-0.1, -0.05) is 31.2 Å². The Hall–Kier alpha value is -2.43. The summed E-state index contributed by atoms with van der Waals surface area (Å²) in [5.41, 5.74) is -0.456. The van der Waals surface area contributed by atoms with Gasteiger partial charge in [-0.25, -0.2) is 13.6 Å². The molecule has 10 heteroatoms. The minimum absolute atomic E-state index is 0.338. The van der Waals surface area contributed by atoms with Crippen molar-refractivity contribution in [1.29, 1.82) is 0 Å². The Labute approximate surface area is 165 Å². The zero-order chi connectivity index (χ0) is 21.4. The first kappa shape index (κ1) is 21.3. The number of halogens is 3. The number of hydrogen-bond donors (Lipinski definition) is 2. The molecule has 0 saturated carbocycles. The molecule has 3 aromatic rings. The van der Waals surface area contributed by atoms with E-state index in [1.807, 2.05) is 0 Å². The van der Waals surface area contributed by atoms with Crippen LogP contribution in [0.2, 0.25) is 0 Å². The summed E-state index contributed by atoms with van der Waals surface area (Å²) >= 11 is 0. The van der Waals surface area contributed by atoms with E-state index in [2.05, 4.69) is 5.10 Å². The second kappa shape index (κ2) is 7.43. The summed E-state index contributed by atoms with van der Waals surface area (Å²) in [6, 6.07) is 9.55. The number of aliphatic hydroxyl groups excluding tert-OH is 1. The first-order valence-corrected chi connectivity index (χ1v) is 10.5. The van der Waals surface area contributed by atoms with Crippen molar-refractivity contribution in [2.24, 2.45) is 5.14 Å². The van der Waals surface area contributed by atoms with Gasteiger partial charge in [-0.3, -0.25) is 4.68 Å². The highest BCUT2D eigenvalue weighted by molar-refractivity contribution is 7.88. The van der Waals surface area contributed by atoms with Crippen LogP contribution in [0, 0.1) is 0 Å². The van der Waals surface area contributed by atoms with Crippen LogP contribution in [0.5, 0.6) is 0 Å². The summed E-state index contributed by atoms with van der Waals surface area (Å²) < 4.78 is 63.3. The molecular weight excluding hydrogens is 407 g/mol. The highest BCUT2D eigenvalue weighted by atomic mass is 32.2. The molecule has 0 aliphatic carbocycles. The normalized spacial score (nSPS) is 14.8. The highest BCUT2D eigenvalue weighted by Gasteiger charge is 2.36. The van der Waals surface area contributed by atoms with Crippen molar-refractivity contribution in [2.45, 2.75) is 30.8 Å². The number of aromatic nitrogens is 2. The van der Waals surface area contributed by atoms with Crippen molar-refractivity contribution >= 4 is 20.9 Å². The summed E-state index contributed by atoms with van der Waals surface area (Å²) in [5, 5.41) is 20.3. The third-order valence-corrected chi connectivity index (χ3v) is 5.78. The molecule has 0 amide bonds. The van der Waals surface area contributed by atoms with Gasteiger partial charge < -0.3 is 5.11 Å². The second-order valence-corrected chi connectivity index (χ2v) is 8.45. The number of aliphatic hydroxyl groups is 1. The zero-order valence-corrected chi connectivity index (χ0v) is 16.3. The number of sulfonamides is 1. The lowest BCUT2D eigenvalue weighted by atomic mass is 9.87. The van der Waals surface area contributed by atoms with E-state index in [1.165, 1.54) is 23.0 Å². The highest BCUT2D eigenvalue weighted by Crippen LogP contribution is 2.36. The van der Waals surface area contributed by atoms with E-state index in [1.54, 1.807) is 25.1 Å². The van der Waals surface area contributed by atoms with Gasteiger partial charge in [-0.2, -0.15) is 18.3 Å². The Balaban J connectivity index is 2.17. The Morgan fingerprint density at radius 3 is 2.24 bits per heavy atom. The van der Waals surface area contributed by atoms with Gasteiger partial charge in [0, 0.05) is 5.39 Å². The molecule has 3 rings (SSSR count). The molecule has 1 atom stereocenters. The van der Waals surface area contributed by atoms with E-state index >= 15 is 0 Å². The van der Waals surface area contributed by atoms with Gasteiger partial charge >= 0.3 is 6.18 Å². The van der Waals surface area contributed by atoms with Crippen LogP contribution in [0.15, 0.2) is 48.7 Å². The minimum Gasteiger partial charge on any atom is -0.393 e. The molecule has 1 unspecified atom stereocenters. The van der Waals surface area contributed by atoms with Crippen LogP contribution in [0.4, 0.5) is 13.2 Å². The molecule has 0 radical (unpaired) electrons. The first-order chi connectivity index (χ1) is 13.5. The number of alkyl halides is 3. The molecule has 0 fully saturated rings. The smallest absolute Gasteiger partial charge is 0.393 e. The number of benzene rings is 2. The lowest BCUT2D eigenvalue weighted by Gasteiger charge is -2.33. The number of primary sulfonamides is 1. The van der Waals surface area contributed by atoms with E-state index in [-0.39, 0.29) is 5.75 Å². The molecule has 0 saturated heterocycles. The Morgan fingerprint density at radius 2 is 1.72 bits per heavy atom. The predicted octanol–water partition coefficient (Wildman–Crippen LogP) is 2.99. The zero-order valence-electron chi connectivity index (χ0n) is 15.5. The SMILES string of the molecule is CCC(CO)(c1ccc(C(F)(F)F)cc1)n1ncc2c(CS(N)(=O)=O)cccc21. The molecule has 1 heterocycles. The molecular formula is C19H20F3N3O3S. The van der Waals surface area contributed by atoms with E-state index in [9.17, 15) is 26.7 Å². The number of rotatable bonds is 6. The van der Waals surface area contributed by atoms with Gasteiger partial charge in [-0.05, 0) is 35.7 Å². The molecule has 29 heavy (non-hydrogen) atoms. The van der Waals surface area contributed by atoms with E-state index in [0.29, 0.717) is 28.5 Å². The summed E-state index contributed by atoms with van der Waals surface area (Å²) in [4.78, 5) is 0. The van der Waals surface area contributed by atoms with Gasteiger partial charge in [0.1, 0.15) is 5.54 Å². The van der Waals surface area contributed by atoms with Crippen molar-refractivity contribution < 1.29 is 26.7 Å². The summed E-state index contributed by atoms with van der Waals surface area (Å²) in [7, 11) is -3.77. The van der Waals surface area contributed by atoms with Crippen LogP contribution in [-0.2, 0) is 27.5 Å². The monoisotopic (exact) mass is 427 g/mol. The van der Waals surface area contributed by atoms with Crippen LogP contribution in [0.25, 0.3) is 10.9 Å². The van der Waals surface area contributed by atoms with Crippen molar-refractivity contribution in [3.05, 3.63) is 65.4 Å². The van der Waals surface area contributed by atoms with Crippen molar-refractivity contribution in [3.63, 3.8) is 0 Å². The predicted molar refractivity (Wildman–Crippen MR) is 102 cm³/mol. The largest absolute Gasteiger partial charge is 0.416 e. The molecule has 6 nitrogen and oxygen atoms in total. The molecule has 0 spiro atoms. The third-order valence-electron chi connectivity index (χ3n) is 5.06. The number of nitrogens with two attached hydrogens (primary N) is 1. The van der Waals surface area contributed by atoms with Gasteiger partial charge in [0.25, 0.3) is 0 Å². The second-order valence-electron chi connectivity index (χ2n) is 6.83. The van der Waals surface area contributed by atoms with Gasteiger partial charge in [0.2, 0.25) is 10.0 Å².